The van der Waals surface area contributed by atoms with E-state index in [0.717, 1.165) is 0 Å². The quantitative estimate of drug-likeness (QED) is 0.476. The third-order valence-electron chi connectivity index (χ3n) is 5.75. The van der Waals surface area contributed by atoms with Gasteiger partial charge in [-0.2, -0.15) is 0 Å². The summed E-state index contributed by atoms with van der Waals surface area (Å²) in [5.74, 6) is 0. The molecule has 0 saturated carbocycles. The van der Waals surface area contributed by atoms with Crippen LogP contribution in [0, 0.1) is 27.7 Å². The summed E-state index contributed by atoms with van der Waals surface area (Å²) in [7, 11) is 0. The van der Waals surface area contributed by atoms with Crippen LogP contribution < -0.4 is 10.4 Å². The van der Waals surface area contributed by atoms with Crippen LogP contribution in [0.4, 0.5) is 0 Å². The van der Waals surface area contributed by atoms with Crippen molar-refractivity contribution in [3.8, 4) is 0 Å². The molecule has 0 N–H and O–H groups in total. The van der Waals surface area contributed by atoms with Crippen LogP contribution in [0.25, 0.3) is 11.1 Å². The second-order valence-corrected chi connectivity index (χ2v) is 8.50. The van der Waals surface area contributed by atoms with Crippen molar-refractivity contribution in [2.45, 2.75) is 96.9 Å². The van der Waals surface area contributed by atoms with E-state index in [4.69, 9.17) is 0 Å². The zero-order valence-electron chi connectivity index (χ0n) is 20.0. The molecule has 0 aliphatic rings. The molecule has 1 aromatic carbocycles. The van der Waals surface area contributed by atoms with E-state index in [9.17, 15) is 0 Å². The van der Waals surface area contributed by atoms with Gasteiger partial charge in [0.2, 0.25) is 0 Å². The van der Waals surface area contributed by atoms with Gasteiger partial charge >= 0.3 is 0 Å². The molecule has 0 nitrogen and oxygen atoms in total. The van der Waals surface area contributed by atoms with Crippen LogP contribution in [0.2, 0.25) is 0 Å². The Bertz CT molecular complexity index is 764. The lowest BCUT2D eigenvalue weighted by atomic mass is 9.92. The first-order valence-electron chi connectivity index (χ1n) is 9.75. The van der Waals surface area contributed by atoms with E-state index in [-0.39, 0.29) is 0 Å². The van der Waals surface area contributed by atoms with E-state index in [1.54, 1.807) is 0 Å². The number of rotatable bonds is 1. The van der Waals surface area contributed by atoms with Crippen molar-refractivity contribution in [1.29, 1.82) is 0 Å². The van der Waals surface area contributed by atoms with Crippen LogP contribution in [0.1, 0.15) is 91.5 Å². The summed E-state index contributed by atoms with van der Waals surface area (Å²) in [5.41, 5.74) is 14.3. The van der Waals surface area contributed by atoms with Gasteiger partial charge < -0.3 is 0 Å². The molecule has 0 amide bonds. The summed E-state index contributed by atoms with van der Waals surface area (Å²) in [6.45, 7) is 30.8. The second-order valence-electron chi connectivity index (χ2n) is 8.50. The second kappa shape index (κ2) is 9.95. The van der Waals surface area contributed by atoms with Crippen molar-refractivity contribution in [2.75, 3.05) is 0 Å². The average Bonchev–Trinajstić information content (AvgIpc) is 2.54. The fourth-order valence-corrected chi connectivity index (χ4v) is 3.31. The minimum absolute atomic E-state index is 1.42. The monoisotopic (exact) mass is 354 g/mol. The SMILES string of the molecule is CC(C)=C(C)C(C)=C(C)C.CC(C)=c1c(C)c(C)c(C)c(C)c1=C(C)C. The number of hydrogen-bond donors (Lipinski definition) is 0. The minimum Gasteiger partial charge on any atom is -0.0732 e. The molecule has 0 radical (unpaired) electrons. The van der Waals surface area contributed by atoms with Crippen molar-refractivity contribution < 1.29 is 0 Å². The molecule has 0 saturated heterocycles. The van der Waals surface area contributed by atoms with Gasteiger partial charge in [-0.15, -0.1) is 0 Å². The number of benzene rings is 1. The van der Waals surface area contributed by atoms with E-state index in [0.29, 0.717) is 0 Å². The highest BCUT2D eigenvalue weighted by atomic mass is 14.1. The van der Waals surface area contributed by atoms with Crippen LogP contribution >= 0.6 is 0 Å². The molecule has 0 aliphatic heterocycles. The van der Waals surface area contributed by atoms with E-state index in [2.05, 4.69) is 96.9 Å². The fraction of sp³-hybridized carbons (Fsp3) is 0.538. The molecule has 0 heterocycles. The van der Waals surface area contributed by atoms with Gasteiger partial charge in [0.25, 0.3) is 0 Å². The van der Waals surface area contributed by atoms with Gasteiger partial charge in [0.1, 0.15) is 0 Å². The standard InChI is InChI=1S/C16H24.C10H18/c1-9(2)15-13(7)11(5)12(6)14(8)16(15)10(3)4;1-7(2)9(5)10(6)8(3)4/h1-8H3;1-6H3. The first-order chi connectivity index (χ1) is 11.7. The van der Waals surface area contributed by atoms with Crippen molar-refractivity contribution in [2.24, 2.45) is 0 Å². The molecule has 1 rings (SSSR count). The molecule has 1 aromatic rings. The fourth-order valence-electron chi connectivity index (χ4n) is 3.31. The predicted octanol–water partition coefficient (Wildman–Crippen LogP) is 7.00. The Morgan fingerprint density at radius 3 is 0.769 bits per heavy atom. The highest BCUT2D eigenvalue weighted by Gasteiger charge is 2.07. The van der Waals surface area contributed by atoms with Crippen molar-refractivity contribution >= 4 is 11.1 Å². The molecule has 0 heteroatoms. The summed E-state index contributed by atoms with van der Waals surface area (Å²) in [6.07, 6.45) is 0. The van der Waals surface area contributed by atoms with Crippen LogP contribution in [-0.2, 0) is 0 Å². The third kappa shape index (κ3) is 5.73. The van der Waals surface area contributed by atoms with Crippen LogP contribution in [0.5, 0.6) is 0 Å². The molecule has 0 spiro atoms. The van der Waals surface area contributed by atoms with Gasteiger partial charge in [0.15, 0.2) is 0 Å². The number of hydrogen-bond acceptors (Lipinski definition) is 0. The molecule has 0 aliphatic carbocycles. The summed E-state index contributed by atoms with van der Waals surface area (Å²) in [4.78, 5) is 0. The Kier molecular flexibility index (Phi) is 9.35. The highest BCUT2D eigenvalue weighted by Crippen LogP contribution is 2.16. The van der Waals surface area contributed by atoms with E-state index in [1.807, 2.05) is 0 Å². The lowest BCUT2D eigenvalue weighted by Crippen LogP contribution is -2.34. The zero-order chi connectivity index (χ0) is 20.9. The minimum atomic E-state index is 1.42. The Morgan fingerprint density at radius 1 is 0.385 bits per heavy atom. The predicted molar refractivity (Wildman–Crippen MR) is 122 cm³/mol. The molecule has 0 bridgehead atoms. The van der Waals surface area contributed by atoms with Gasteiger partial charge in [-0.3, -0.25) is 0 Å². The lowest BCUT2D eigenvalue weighted by molar-refractivity contribution is 1.15. The molecule has 0 unspecified atom stereocenters. The Balaban J connectivity index is 0.000000541. The maximum Gasteiger partial charge on any atom is -0.0163 e. The van der Waals surface area contributed by atoms with E-state index >= 15 is 0 Å². The summed E-state index contributed by atoms with van der Waals surface area (Å²) >= 11 is 0. The highest BCUT2D eigenvalue weighted by molar-refractivity contribution is 5.54. The van der Waals surface area contributed by atoms with Crippen LogP contribution in [0.3, 0.4) is 0 Å². The molecule has 26 heavy (non-hydrogen) atoms. The maximum absolute atomic E-state index is 2.25. The molecule has 0 aromatic heterocycles. The molecular formula is C26H42. The van der Waals surface area contributed by atoms with Gasteiger partial charge in [0.05, 0.1) is 0 Å². The topological polar surface area (TPSA) is 0 Å². The molecular weight excluding hydrogens is 312 g/mol. The first-order valence-corrected chi connectivity index (χ1v) is 9.75. The van der Waals surface area contributed by atoms with Crippen LogP contribution in [-0.4, -0.2) is 0 Å². The van der Waals surface area contributed by atoms with E-state index in [1.165, 1.54) is 66.1 Å². The largest absolute Gasteiger partial charge is 0.0732 e. The summed E-state index contributed by atoms with van der Waals surface area (Å²) < 4.78 is 0. The Labute approximate surface area is 163 Å². The van der Waals surface area contributed by atoms with E-state index < -0.39 is 0 Å². The van der Waals surface area contributed by atoms with Gasteiger partial charge in [-0.05, 0) is 141 Å². The molecule has 146 valence electrons. The third-order valence-corrected chi connectivity index (χ3v) is 5.75. The normalized spacial score (nSPS) is 9.92. The molecule has 0 fully saturated rings. The average molecular weight is 355 g/mol. The van der Waals surface area contributed by atoms with Crippen molar-refractivity contribution in [3.63, 3.8) is 0 Å². The maximum atomic E-state index is 2.25. The Morgan fingerprint density at radius 2 is 0.615 bits per heavy atom. The van der Waals surface area contributed by atoms with Crippen molar-refractivity contribution in [3.05, 3.63) is 55.0 Å². The molecule has 0 atom stereocenters. The summed E-state index contributed by atoms with van der Waals surface area (Å²) in [5, 5.41) is 2.92. The lowest BCUT2D eigenvalue weighted by Gasteiger charge is -2.13. The van der Waals surface area contributed by atoms with Gasteiger partial charge in [0, 0.05) is 0 Å². The smallest absolute Gasteiger partial charge is 0.0163 e. The zero-order valence-corrected chi connectivity index (χ0v) is 20.0. The summed E-state index contributed by atoms with van der Waals surface area (Å²) in [6, 6.07) is 0. The Hall–Kier alpha value is -1.56. The first kappa shape index (κ1) is 24.4. The van der Waals surface area contributed by atoms with Crippen LogP contribution in [0.15, 0.2) is 22.3 Å². The van der Waals surface area contributed by atoms with Gasteiger partial charge in [-0.1, -0.05) is 22.3 Å². The van der Waals surface area contributed by atoms with Crippen molar-refractivity contribution in [1.82, 2.24) is 0 Å². The number of allylic oxidation sites excluding steroid dienone is 4. The van der Waals surface area contributed by atoms with Gasteiger partial charge in [-0.25, -0.2) is 0 Å².